The van der Waals surface area contributed by atoms with Crippen molar-refractivity contribution >= 4 is 30.3 Å². The van der Waals surface area contributed by atoms with E-state index in [4.69, 9.17) is 18.3 Å². The fourth-order valence-corrected chi connectivity index (χ4v) is 8.60. The Hall–Kier alpha value is -7.05. The Kier molecular flexibility index (Phi) is 19.1. The second-order valence-corrected chi connectivity index (χ2v) is 17.9. The highest BCUT2D eigenvalue weighted by Gasteiger charge is 2.42. The number of furan rings is 2. The monoisotopic (exact) mass is 950 g/mol. The number of cyclic esters (lactones) is 2. The van der Waals surface area contributed by atoms with Gasteiger partial charge >= 0.3 is 12.2 Å². The van der Waals surface area contributed by atoms with E-state index in [1.54, 1.807) is 13.8 Å². The van der Waals surface area contributed by atoms with Crippen LogP contribution in [0.3, 0.4) is 0 Å². The van der Waals surface area contributed by atoms with Gasteiger partial charge in [0.1, 0.15) is 36.6 Å². The summed E-state index contributed by atoms with van der Waals surface area (Å²) in [5.41, 5.74) is 8.57. The first kappa shape index (κ1) is 52.3. The van der Waals surface area contributed by atoms with Gasteiger partial charge in [0.05, 0.1) is 18.0 Å². The van der Waals surface area contributed by atoms with E-state index in [0.717, 1.165) is 100 Å². The summed E-state index contributed by atoms with van der Waals surface area (Å²) in [6, 6.07) is 39.0. The van der Waals surface area contributed by atoms with Gasteiger partial charge in [-0.25, -0.2) is 19.4 Å². The summed E-state index contributed by atoms with van der Waals surface area (Å²) in [5, 5.41) is 11.2. The van der Waals surface area contributed by atoms with Crippen molar-refractivity contribution in [2.45, 2.75) is 118 Å². The van der Waals surface area contributed by atoms with Gasteiger partial charge in [0.2, 0.25) is 11.8 Å². The Labute approximate surface area is 411 Å². The van der Waals surface area contributed by atoms with Gasteiger partial charge in [0.15, 0.2) is 12.0 Å². The van der Waals surface area contributed by atoms with Gasteiger partial charge in [0.25, 0.3) is 0 Å². The number of unbranched alkanes of at least 4 members (excludes halogenated alkanes) is 2. The van der Waals surface area contributed by atoms with Crippen molar-refractivity contribution in [3.8, 4) is 22.3 Å². The maximum Gasteiger partial charge on any atom is 0.416 e. The molecule has 0 bridgehead atoms. The lowest BCUT2D eigenvalue weighted by Crippen LogP contribution is -2.44. The molecule has 0 spiro atoms. The SMILES string of the molecule is CCC(=O)N1C(=O)OC[C@@H]1Cc1ccccc1.CCCCc1oc(C=O)cc1-c1cccc(C)c1.CCCCc1oc([C@@H](O)[C@H](C)C(=O)N2C(=O)OC[C@@H]2Cc2ccccc2)cc1-c1cccc(C)c1. The molecule has 12 nitrogen and oxygen atoms in total. The molecule has 8 rings (SSSR count). The summed E-state index contributed by atoms with van der Waals surface area (Å²) in [7, 11) is 0. The number of hydrogen-bond acceptors (Lipinski definition) is 10. The second-order valence-electron chi connectivity index (χ2n) is 17.9. The summed E-state index contributed by atoms with van der Waals surface area (Å²) in [5.74, 6) is 0.948. The van der Waals surface area contributed by atoms with Gasteiger partial charge in [-0.05, 0) is 73.9 Å². The van der Waals surface area contributed by atoms with E-state index in [2.05, 4.69) is 45.0 Å². The van der Waals surface area contributed by atoms with Gasteiger partial charge in [-0.1, -0.05) is 161 Å². The lowest BCUT2D eigenvalue weighted by Gasteiger charge is -2.25. The standard InChI is InChI=1S/C29H33NO5.C16H18O2.C13H15NO3/c1-4-5-14-25-24(22-13-9-10-19(2)15-22)17-26(35-25)27(31)20(3)28(32)30-23(18-34-29(30)33)16-21-11-7-6-8-12-21;1-3-4-8-16-15(10-14(11-17)18-16)13-7-5-6-12(2)9-13;1-2-12(15)14-11(9-17-13(14)16)8-10-6-4-3-5-7-10/h6-13,15,17,20,23,27,31H,4-5,14,16,18H2,1-3H3;5-7,9-11H,3-4,8H2,1-2H3;3-7,11H,2,8-9H2,1H3/t20-,23-,27-;;11-/m0.0/s1. The molecular formula is C58H66N2O10. The number of carbonyl (C=O) groups is 5. The third-order valence-corrected chi connectivity index (χ3v) is 12.5. The number of imide groups is 2. The zero-order chi connectivity index (χ0) is 50.2. The molecule has 2 aliphatic rings. The summed E-state index contributed by atoms with van der Waals surface area (Å²) < 4.78 is 21.9. The van der Waals surface area contributed by atoms with E-state index < -0.39 is 36.2 Å². The fraction of sp³-hybridized carbons (Fsp3) is 0.362. The fourth-order valence-electron chi connectivity index (χ4n) is 8.60. The number of amides is 4. The first-order chi connectivity index (χ1) is 33.8. The summed E-state index contributed by atoms with van der Waals surface area (Å²) in [6.07, 6.45) is 5.66. The maximum absolute atomic E-state index is 13.4. The van der Waals surface area contributed by atoms with Crippen LogP contribution in [-0.2, 0) is 44.7 Å². The van der Waals surface area contributed by atoms with Crippen LogP contribution < -0.4 is 0 Å². The van der Waals surface area contributed by atoms with Crippen molar-refractivity contribution in [1.82, 2.24) is 9.80 Å². The van der Waals surface area contributed by atoms with Crippen molar-refractivity contribution in [1.29, 1.82) is 0 Å². The smallest absolute Gasteiger partial charge is 0.416 e. The molecule has 2 fully saturated rings. The van der Waals surface area contributed by atoms with E-state index in [-0.39, 0.29) is 18.6 Å². The first-order valence-corrected chi connectivity index (χ1v) is 24.4. The average molecular weight is 951 g/mol. The number of aryl methyl sites for hydroxylation is 4. The number of aliphatic hydroxyl groups is 1. The van der Waals surface area contributed by atoms with E-state index >= 15 is 0 Å². The number of ether oxygens (including phenoxy) is 2. The topological polar surface area (TPSA) is 157 Å². The molecule has 0 unspecified atom stereocenters. The van der Waals surface area contributed by atoms with Gasteiger partial charge in [-0.15, -0.1) is 0 Å². The Bertz CT molecular complexity index is 2670. The Morgan fingerprint density at radius 3 is 1.63 bits per heavy atom. The van der Waals surface area contributed by atoms with Crippen LogP contribution in [0.4, 0.5) is 9.59 Å². The molecule has 4 heterocycles. The predicted molar refractivity (Wildman–Crippen MR) is 269 cm³/mol. The van der Waals surface area contributed by atoms with Crippen LogP contribution in [0.1, 0.15) is 116 Å². The molecule has 1 N–H and O–H groups in total. The molecule has 0 aliphatic carbocycles. The normalized spacial score (nSPS) is 16.0. The summed E-state index contributed by atoms with van der Waals surface area (Å²) in [4.78, 5) is 62.2. The molecule has 4 atom stereocenters. The zero-order valence-corrected chi connectivity index (χ0v) is 41.2. The number of carbonyl (C=O) groups excluding carboxylic acids is 5. The highest BCUT2D eigenvalue weighted by Crippen LogP contribution is 2.36. The molecule has 4 aromatic carbocycles. The van der Waals surface area contributed by atoms with Crippen molar-refractivity contribution < 1.29 is 47.4 Å². The first-order valence-electron chi connectivity index (χ1n) is 24.4. The summed E-state index contributed by atoms with van der Waals surface area (Å²) in [6.45, 7) is 12.2. The minimum Gasteiger partial charge on any atom is -0.463 e. The van der Waals surface area contributed by atoms with Crippen LogP contribution in [0.2, 0.25) is 0 Å². The minimum absolute atomic E-state index is 0.141. The highest BCUT2D eigenvalue weighted by molar-refractivity contribution is 5.95. The second kappa shape index (κ2) is 25.5. The molecule has 368 valence electrons. The van der Waals surface area contributed by atoms with Crippen molar-refractivity contribution in [3.05, 3.63) is 167 Å². The lowest BCUT2D eigenvalue weighted by atomic mass is 9.97. The highest BCUT2D eigenvalue weighted by atomic mass is 16.6. The molecule has 12 heteroatoms. The third kappa shape index (κ3) is 13.6. The van der Waals surface area contributed by atoms with Crippen molar-refractivity contribution in [3.63, 3.8) is 0 Å². The van der Waals surface area contributed by atoms with Gasteiger partial charge in [-0.2, -0.15) is 0 Å². The number of benzene rings is 4. The van der Waals surface area contributed by atoms with Crippen LogP contribution >= 0.6 is 0 Å². The number of nitrogens with zero attached hydrogens (tertiary/aromatic N) is 2. The number of aliphatic hydroxyl groups excluding tert-OH is 1. The number of hydrogen-bond donors (Lipinski definition) is 1. The lowest BCUT2D eigenvalue weighted by molar-refractivity contribution is -0.137. The van der Waals surface area contributed by atoms with Crippen LogP contribution in [0, 0.1) is 19.8 Å². The Morgan fingerprint density at radius 1 is 0.657 bits per heavy atom. The van der Waals surface area contributed by atoms with Crippen molar-refractivity contribution in [2.24, 2.45) is 5.92 Å². The molecule has 0 radical (unpaired) electrons. The largest absolute Gasteiger partial charge is 0.463 e. The quantitative estimate of drug-likeness (QED) is 0.0873. The molecule has 2 aromatic heterocycles. The van der Waals surface area contributed by atoms with Crippen LogP contribution in [0.15, 0.2) is 130 Å². The molecule has 70 heavy (non-hydrogen) atoms. The van der Waals surface area contributed by atoms with Gasteiger partial charge in [-0.3, -0.25) is 14.4 Å². The minimum atomic E-state index is -1.19. The Balaban J connectivity index is 0.000000192. The van der Waals surface area contributed by atoms with Crippen LogP contribution in [0.5, 0.6) is 0 Å². The molecule has 4 amide bonds. The number of aldehydes is 1. The maximum atomic E-state index is 13.4. The van der Waals surface area contributed by atoms with E-state index in [1.165, 1.54) is 10.5 Å². The Morgan fingerprint density at radius 2 is 1.14 bits per heavy atom. The molecule has 2 saturated heterocycles. The van der Waals surface area contributed by atoms with Crippen LogP contribution in [-0.4, -0.2) is 70.5 Å². The van der Waals surface area contributed by atoms with E-state index in [0.29, 0.717) is 37.4 Å². The number of rotatable bonds is 17. The van der Waals surface area contributed by atoms with Gasteiger partial charge < -0.3 is 23.4 Å². The van der Waals surface area contributed by atoms with Gasteiger partial charge in [0, 0.05) is 30.4 Å². The zero-order valence-electron chi connectivity index (χ0n) is 41.2. The predicted octanol–water partition coefficient (Wildman–Crippen LogP) is 12.3. The summed E-state index contributed by atoms with van der Waals surface area (Å²) >= 11 is 0. The third-order valence-electron chi connectivity index (χ3n) is 12.5. The average Bonchev–Trinajstić information content (AvgIpc) is 4.18. The van der Waals surface area contributed by atoms with E-state index in [9.17, 15) is 29.1 Å². The van der Waals surface area contributed by atoms with Crippen molar-refractivity contribution in [2.75, 3.05) is 13.2 Å². The molecule has 6 aromatic rings. The molecule has 0 saturated carbocycles. The van der Waals surface area contributed by atoms with Crippen LogP contribution in [0.25, 0.3) is 22.3 Å². The molecular weight excluding hydrogens is 885 g/mol. The van der Waals surface area contributed by atoms with E-state index in [1.807, 2.05) is 104 Å². The molecule has 2 aliphatic heterocycles.